The van der Waals surface area contributed by atoms with Gasteiger partial charge in [0.05, 0.1) is 23.4 Å². The lowest BCUT2D eigenvalue weighted by molar-refractivity contribution is -0.135. The van der Waals surface area contributed by atoms with Crippen molar-refractivity contribution in [1.29, 1.82) is 0 Å². The first-order valence-corrected chi connectivity index (χ1v) is 9.25. The summed E-state index contributed by atoms with van der Waals surface area (Å²) in [5, 5.41) is 3.01. The molecular weight excluding hydrogens is 356 g/mol. The summed E-state index contributed by atoms with van der Waals surface area (Å²) >= 11 is 6.11. The zero-order chi connectivity index (χ0) is 19.1. The summed E-state index contributed by atoms with van der Waals surface area (Å²) in [7, 11) is 1.28. The van der Waals surface area contributed by atoms with Gasteiger partial charge in [-0.05, 0) is 31.0 Å². The minimum absolute atomic E-state index is 0.0290. The first-order chi connectivity index (χ1) is 12.4. The third-order valence-electron chi connectivity index (χ3n) is 4.65. The molecule has 1 aromatic carbocycles. The molecule has 0 aliphatic heterocycles. The van der Waals surface area contributed by atoms with Crippen LogP contribution in [0.3, 0.4) is 0 Å². The average Bonchev–Trinajstić information content (AvgIpc) is 2.89. The number of esters is 1. The van der Waals surface area contributed by atoms with E-state index in [1.165, 1.54) is 45.1 Å². The zero-order valence-electron chi connectivity index (χ0n) is 15.2. The van der Waals surface area contributed by atoms with Gasteiger partial charge in [-0.1, -0.05) is 37.3 Å². The summed E-state index contributed by atoms with van der Waals surface area (Å²) in [5.41, 5.74) is 0.614. The molecule has 0 atom stereocenters. The Morgan fingerprint density at radius 1 is 1.19 bits per heavy atom. The van der Waals surface area contributed by atoms with Crippen molar-refractivity contribution in [3.63, 3.8) is 0 Å². The van der Waals surface area contributed by atoms with Gasteiger partial charge >= 0.3 is 5.97 Å². The predicted molar refractivity (Wildman–Crippen MR) is 100 cm³/mol. The number of carbonyl (C=O) groups is 3. The lowest BCUT2D eigenvalue weighted by Gasteiger charge is -2.29. The quantitative estimate of drug-likeness (QED) is 0.625. The van der Waals surface area contributed by atoms with Crippen molar-refractivity contribution in [2.45, 2.75) is 51.5 Å². The summed E-state index contributed by atoms with van der Waals surface area (Å²) < 4.78 is 4.68. The van der Waals surface area contributed by atoms with Crippen molar-refractivity contribution in [3.05, 3.63) is 28.8 Å². The van der Waals surface area contributed by atoms with E-state index in [9.17, 15) is 14.4 Å². The number of carbonyl (C=O) groups excluding carboxylic acids is 3. The number of benzene rings is 1. The highest BCUT2D eigenvalue weighted by atomic mass is 35.5. The van der Waals surface area contributed by atoms with Crippen molar-refractivity contribution >= 4 is 35.1 Å². The highest BCUT2D eigenvalue weighted by Crippen LogP contribution is 2.25. The fraction of sp³-hybridized carbons (Fsp3) is 0.526. The summed E-state index contributed by atoms with van der Waals surface area (Å²) in [5.74, 6) is -0.962. The van der Waals surface area contributed by atoms with E-state index in [0.29, 0.717) is 16.3 Å². The van der Waals surface area contributed by atoms with Crippen LogP contribution in [0.4, 0.5) is 5.69 Å². The Bertz CT molecular complexity index is 670. The first kappa shape index (κ1) is 20.2. The fourth-order valence-electron chi connectivity index (χ4n) is 3.28. The van der Waals surface area contributed by atoms with Crippen molar-refractivity contribution < 1.29 is 19.1 Å². The molecule has 0 bridgehead atoms. The van der Waals surface area contributed by atoms with Crippen molar-refractivity contribution in [2.75, 3.05) is 19.0 Å². The smallest absolute Gasteiger partial charge is 0.337 e. The lowest BCUT2D eigenvalue weighted by atomic mass is 10.1. The molecule has 0 radical (unpaired) electrons. The molecule has 1 aliphatic rings. The van der Waals surface area contributed by atoms with Gasteiger partial charge in [0.15, 0.2) is 0 Å². The maximum Gasteiger partial charge on any atom is 0.337 e. The molecule has 1 aromatic rings. The number of hydrogen-bond acceptors (Lipinski definition) is 4. The van der Waals surface area contributed by atoms with E-state index < -0.39 is 5.97 Å². The molecule has 1 saturated carbocycles. The van der Waals surface area contributed by atoms with Crippen LogP contribution in [0, 0.1) is 0 Å². The maximum absolute atomic E-state index is 12.5. The Hall–Kier alpha value is -2.08. The van der Waals surface area contributed by atoms with Crippen molar-refractivity contribution in [2.24, 2.45) is 0 Å². The van der Waals surface area contributed by atoms with E-state index in [-0.39, 0.29) is 24.4 Å². The molecule has 0 spiro atoms. The molecular formula is C19H25ClN2O4. The van der Waals surface area contributed by atoms with E-state index in [1.807, 2.05) is 0 Å². The summed E-state index contributed by atoms with van der Waals surface area (Å²) in [6, 6.07) is 4.61. The number of nitrogens with one attached hydrogen (secondary N) is 1. The minimum atomic E-state index is -0.513. The van der Waals surface area contributed by atoms with Crippen LogP contribution in [0.2, 0.25) is 5.02 Å². The second kappa shape index (κ2) is 9.57. The van der Waals surface area contributed by atoms with Crippen LogP contribution in [0.15, 0.2) is 18.2 Å². The molecule has 1 N–H and O–H groups in total. The number of anilines is 1. The van der Waals surface area contributed by atoms with Gasteiger partial charge in [0.1, 0.15) is 6.54 Å². The monoisotopic (exact) mass is 380 g/mol. The third-order valence-corrected chi connectivity index (χ3v) is 4.98. The maximum atomic E-state index is 12.5. The zero-order valence-corrected chi connectivity index (χ0v) is 16.0. The number of ether oxygens (including phenoxy) is 1. The lowest BCUT2D eigenvalue weighted by Crippen LogP contribution is -2.43. The van der Waals surface area contributed by atoms with Gasteiger partial charge in [0, 0.05) is 13.0 Å². The number of halogens is 1. The van der Waals surface area contributed by atoms with Gasteiger partial charge in [-0.15, -0.1) is 0 Å². The normalized spacial score (nSPS) is 15.0. The second-order valence-corrected chi connectivity index (χ2v) is 6.93. The van der Waals surface area contributed by atoms with Crippen molar-refractivity contribution in [1.82, 2.24) is 4.90 Å². The molecule has 26 heavy (non-hydrogen) atoms. The van der Waals surface area contributed by atoms with E-state index >= 15 is 0 Å². The van der Waals surface area contributed by atoms with Crippen LogP contribution < -0.4 is 5.32 Å². The van der Waals surface area contributed by atoms with Crippen LogP contribution >= 0.6 is 11.6 Å². The minimum Gasteiger partial charge on any atom is -0.465 e. The first-order valence-electron chi connectivity index (χ1n) is 8.87. The van der Waals surface area contributed by atoms with Crippen LogP contribution in [-0.4, -0.2) is 42.4 Å². The molecule has 6 nitrogen and oxygen atoms in total. The Morgan fingerprint density at radius 3 is 2.42 bits per heavy atom. The van der Waals surface area contributed by atoms with Gasteiger partial charge in [0.25, 0.3) is 0 Å². The van der Waals surface area contributed by atoms with Gasteiger partial charge in [-0.2, -0.15) is 0 Å². The Labute approximate surface area is 158 Å². The molecule has 0 aromatic heterocycles. The van der Waals surface area contributed by atoms with Gasteiger partial charge in [-0.3, -0.25) is 9.59 Å². The van der Waals surface area contributed by atoms with Crippen LogP contribution in [0.25, 0.3) is 0 Å². The fourth-order valence-corrected chi connectivity index (χ4v) is 3.44. The van der Waals surface area contributed by atoms with Crippen molar-refractivity contribution in [3.8, 4) is 0 Å². The largest absolute Gasteiger partial charge is 0.465 e. The SMILES string of the molecule is COC(=O)c1ccc(Cl)c(NC(=O)CN(C(C)=O)C2CCCCCC2)c1. The number of rotatable bonds is 5. The predicted octanol–water partition coefficient (Wildman–Crippen LogP) is 3.64. The average molecular weight is 381 g/mol. The number of nitrogens with zero attached hydrogens (tertiary/aromatic N) is 1. The Morgan fingerprint density at radius 2 is 1.85 bits per heavy atom. The molecule has 0 saturated heterocycles. The van der Waals surface area contributed by atoms with E-state index in [2.05, 4.69) is 10.1 Å². The van der Waals surface area contributed by atoms with Crippen LogP contribution in [0.1, 0.15) is 55.8 Å². The number of methoxy groups -OCH3 is 1. The topological polar surface area (TPSA) is 75.7 Å². The molecule has 2 rings (SSSR count). The second-order valence-electron chi connectivity index (χ2n) is 6.53. The molecule has 142 valence electrons. The molecule has 1 aliphatic carbocycles. The van der Waals surface area contributed by atoms with E-state index in [4.69, 9.17) is 11.6 Å². The standard InChI is InChI=1S/C19H25ClN2O4/c1-13(23)22(15-7-5-3-4-6-8-15)12-18(24)21-17-11-14(19(25)26-2)9-10-16(17)20/h9-11,15H,3-8,12H2,1-2H3,(H,21,24). The van der Waals surface area contributed by atoms with Gasteiger partial charge < -0.3 is 15.0 Å². The highest BCUT2D eigenvalue weighted by Gasteiger charge is 2.24. The van der Waals surface area contributed by atoms with Crippen LogP contribution in [-0.2, 0) is 14.3 Å². The Kier molecular flexibility index (Phi) is 7.45. The molecule has 2 amide bonds. The third kappa shape index (κ3) is 5.46. The van der Waals surface area contributed by atoms with Gasteiger partial charge in [-0.25, -0.2) is 4.79 Å². The van der Waals surface area contributed by atoms with E-state index in [0.717, 1.165) is 25.7 Å². The number of amides is 2. The number of hydrogen-bond donors (Lipinski definition) is 1. The summed E-state index contributed by atoms with van der Waals surface area (Å²) in [6.45, 7) is 1.46. The van der Waals surface area contributed by atoms with E-state index in [1.54, 1.807) is 4.90 Å². The molecule has 1 fully saturated rings. The summed E-state index contributed by atoms with van der Waals surface area (Å²) in [4.78, 5) is 37.8. The van der Waals surface area contributed by atoms with Gasteiger partial charge in [0.2, 0.25) is 11.8 Å². The molecule has 0 unspecified atom stereocenters. The van der Waals surface area contributed by atoms with Crippen LogP contribution in [0.5, 0.6) is 0 Å². The molecule has 0 heterocycles. The highest BCUT2D eigenvalue weighted by molar-refractivity contribution is 6.33. The summed E-state index contributed by atoms with van der Waals surface area (Å²) in [6.07, 6.45) is 6.33. The molecule has 7 heteroatoms. The Balaban J connectivity index is 2.08.